The van der Waals surface area contributed by atoms with Crippen LogP contribution in [0.15, 0.2) is 4.52 Å². The van der Waals surface area contributed by atoms with E-state index in [9.17, 15) is 13.6 Å². The molecule has 1 saturated carbocycles. The first kappa shape index (κ1) is 13.0. The Morgan fingerprint density at radius 3 is 2.81 bits per heavy atom. The van der Waals surface area contributed by atoms with Crippen molar-refractivity contribution in [1.29, 1.82) is 0 Å². The van der Waals surface area contributed by atoms with Crippen LogP contribution in [0, 0.1) is 5.41 Å². The van der Waals surface area contributed by atoms with Gasteiger partial charge in [0.2, 0.25) is 0 Å². The van der Waals surface area contributed by atoms with Crippen molar-refractivity contribution in [3.63, 3.8) is 0 Å². The lowest BCUT2D eigenvalue weighted by molar-refractivity contribution is 0.0678. The Bertz CT molecular complexity index is 601. The molecular weight excluding hydrogens is 280 g/mol. The highest BCUT2D eigenvalue weighted by Gasteiger charge is 2.73. The van der Waals surface area contributed by atoms with Crippen molar-refractivity contribution >= 4 is 11.8 Å². The van der Waals surface area contributed by atoms with E-state index in [1.807, 2.05) is 0 Å². The monoisotopic (exact) mass is 297 g/mol. The molecule has 1 aromatic heterocycles. The summed E-state index contributed by atoms with van der Waals surface area (Å²) in [5.74, 6) is -1.31. The van der Waals surface area contributed by atoms with E-state index in [4.69, 9.17) is 4.52 Å². The van der Waals surface area contributed by atoms with Gasteiger partial charge < -0.3 is 9.42 Å². The minimum absolute atomic E-state index is 0.0941. The second kappa shape index (κ2) is 4.18. The zero-order chi connectivity index (χ0) is 14.7. The third-order valence-electron chi connectivity index (χ3n) is 5.03. The number of nitrogens with zero attached hydrogens (tertiary/aromatic N) is 2. The van der Waals surface area contributed by atoms with E-state index in [1.165, 1.54) is 4.90 Å². The fraction of sp³-hybridized carbons (Fsp3) is 0.714. The first-order chi connectivity index (χ1) is 10.0. The molecule has 7 heteroatoms. The maximum absolute atomic E-state index is 13.3. The standard InChI is InChI=1S/C14H17F2N3O2/c15-14(16)7-13(14)5-6-19(8-13)12(20)17-11-9-3-1-2-4-10(9)21-18-11/h1-8H2,(H,17,18,20). The normalized spacial score (nSPS) is 29.5. The fourth-order valence-electron chi connectivity index (χ4n) is 3.53. The third kappa shape index (κ3) is 1.93. The zero-order valence-electron chi connectivity index (χ0n) is 11.6. The molecule has 1 saturated heterocycles. The molecule has 2 heterocycles. The number of aryl methyl sites for hydroxylation is 1. The van der Waals surface area contributed by atoms with Gasteiger partial charge in [-0.1, -0.05) is 5.16 Å². The van der Waals surface area contributed by atoms with Crippen LogP contribution >= 0.6 is 0 Å². The average Bonchev–Trinajstić information content (AvgIpc) is 2.85. The van der Waals surface area contributed by atoms with Crippen molar-refractivity contribution in [2.45, 2.75) is 44.4 Å². The summed E-state index contributed by atoms with van der Waals surface area (Å²) in [6.45, 7) is 0.507. The van der Waals surface area contributed by atoms with Crippen LogP contribution in [0.2, 0.25) is 0 Å². The van der Waals surface area contributed by atoms with Crippen LogP contribution in [0.4, 0.5) is 19.4 Å². The fourth-order valence-corrected chi connectivity index (χ4v) is 3.53. The Kier molecular flexibility index (Phi) is 2.59. The molecule has 114 valence electrons. The molecule has 2 amide bonds. The number of halogens is 2. The average molecular weight is 297 g/mol. The van der Waals surface area contributed by atoms with Gasteiger partial charge in [-0.3, -0.25) is 5.32 Å². The summed E-state index contributed by atoms with van der Waals surface area (Å²) < 4.78 is 31.9. The second-order valence-corrected chi connectivity index (χ2v) is 6.40. The lowest BCUT2D eigenvalue weighted by Gasteiger charge is -2.17. The number of carbonyl (C=O) groups is 1. The number of hydrogen-bond acceptors (Lipinski definition) is 3. The molecule has 1 aliphatic heterocycles. The lowest BCUT2D eigenvalue weighted by Crippen LogP contribution is -2.34. The van der Waals surface area contributed by atoms with Crippen molar-refractivity contribution in [2.24, 2.45) is 5.41 Å². The van der Waals surface area contributed by atoms with Gasteiger partial charge in [-0.2, -0.15) is 0 Å². The largest absolute Gasteiger partial charge is 0.359 e. The predicted octanol–water partition coefficient (Wildman–Crippen LogP) is 2.82. The van der Waals surface area contributed by atoms with E-state index in [0.29, 0.717) is 18.8 Å². The number of amides is 2. The zero-order valence-corrected chi connectivity index (χ0v) is 11.6. The smallest absolute Gasteiger partial charge is 0.323 e. The SMILES string of the molecule is O=C(Nc1noc2c1CCCC2)N1CCC2(C1)CC2(F)F. The first-order valence-corrected chi connectivity index (χ1v) is 7.42. The summed E-state index contributed by atoms with van der Waals surface area (Å²) in [6, 6.07) is -0.351. The van der Waals surface area contributed by atoms with Crippen molar-refractivity contribution in [3.05, 3.63) is 11.3 Å². The number of urea groups is 1. The Labute approximate surface area is 120 Å². The highest BCUT2D eigenvalue weighted by atomic mass is 19.3. The van der Waals surface area contributed by atoms with Crippen LogP contribution in [-0.4, -0.2) is 35.1 Å². The molecular formula is C14H17F2N3O2. The van der Waals surface area contributed by atoms with Gasteiger partial charge in [0.05, 0.1) is 5.41 Å². The van der Waals surface area contributed by atoms with E-state index < -0.39 is 11.3 Å². The molecule has 2 aliphatic carbocycles. The predicted molar refractivity (Wildman–Crippen MR) is 70.4 cm³/mol. The number of carbonyl (C=O) groups excluding carboxylic acids is 1. The van der Waals surface area contributed by atoms with Crippen LogP contribution in [0.3, 0.4) is 0 Å². The molecule has 2 fully saturated rings. The summed E-state index contributed by atoms with van der Waals surface area (Å²) in [5, 5.41) is 6.63. The Hall–Kier alpha value is -1.66. The van der Waals surface area contributed by atoms with Gasteiger partial charge in [0.25, 0.3) is 5.92 Å². The van der Waals surface area contributed by atoms with Crippen LogP contribution < -0.4 is 5.32 Å². The third-order valence-corrected chi connectivity index (χ3v) is 5.03. The minimum Gasteiger partial charge on any atom is -0.359 e. The van der Waals surface area contributed by atoms with Crippen molar-refractivity contribution in [3.8, 4) is 0 Å². The van der Waals surface area contributed by atoms with Gasteiger partial charge in [-0.05, 0) is 25.7 Å². The first-order valence-electron chi connectivity index (χ1n) is 7.42. The Morgan fingerprint density at radius 2 is 2.10 bits per heavy atom. The van der Waals surface area contributed by atoms with Crippen LogP contribution in [-0.2, 0) is 12.8 Å². The van der Waals surface area contributed by atoms with E-state index in [0.717, 1.165) is 37.0 Å². The molecule has 0 bridgehead atoms. The quantitative estimate of drug-likeness (QED) is 0.867. The molecule has 1 unspecified atom stereocenters. The number of anilines is 1. The summed E-state index contributed by atoms with van der Waals surface area (Å²) in [7, 11) is 0. The van der Waals surface area contributed by atoms with Gasteiger partial charge in [-0.15, -0.1) is 0 Å². The summed E-state index contributed by atoms with van der Waals surface area (Å²) in [6.07, 6.45) is 4.09. The summed E-state index contributed by atoms with van der Waals surface area (Å²) in [5.41, 5.74) is -0.00611. The van der Waals surface area contributed by atoms with Crippen LogP contribution in [0.1, 0.15) is 37.0 Å². The Balaban J connectivity index is 1.44. The minimum atomic E-state index is -2.60. The second-order valence-electron chi connectivity index (χ2n) is 6.40. The number of hydrogen-bond donors (Lipinski definition) is 1. The van der Waals surface area contributed by atoms with Crippen molar-refractivity contribution in [1.82, 2.24) is 10.1 Å². The number of likely N-dealkylation sites (tertiary alicyclic amines) is 1. The molecule has 21 heavy (non-hydrogen) atoms. The number of nitrogens with one attached hydrogen (secondary N) is 1. The van der Waals surface area contributed by atoms with Gasteiger partial charge in [0, 0.05) is 31.5 Å². The molecule has 4 rings (SSSR count). The van der Waals surface area contributed by atoms with Gasteiger partial charge in [0.1, 0.15) is 5.76 Å². The van der Waals surface area contributed by atoms with E-state index in [1.54, 1.807) is 0 Å². The molecule has 1 N–H and O–H groups in total. The highest BCUT2D eigenvalue weighted by molar-refractivity contribution is 5.89. The molecule has 1 atom stereocenters. The molecule has 0 aromatic carbocycles. The van der Waals surface area contributed by atoms with E-state index in [-0.39, 0.29) is 19.0 Å². The lowest BCUT2D eigenvalue weighted by atomic mass is 9.98. The highest BCUT2D eigenvalue weighted by Crippen LogP contribution is 2.65. The van der Waals surface area contributed by atoms with Gasteiger partial charge in [-0.25, -0.2) is 13.6 Å². The molecule has 3 aliphatic rings. The number of alkyl halides is 2. The molecule has 1 aromatic rings. The van der Waals surface area contributed by atoms with Crippen molar-refractivity contribution < 1.29 is 18.1 Å². The Morgan fingerprint density at radius 1 is 1.33 bits per heavy atom. The van der Waals surface area contributed by atoms with Gasteiger partial charge in [0.15, 0.2) is 5.82 Å². The van der Waals surface area contributed by atoms with Crippen molar-refractivity contribution in [2.75, 3.05) is 18.4 Å². The van der Waals surface area contributed by atoms with Crippen LogP contribution in [0.25, 0.3) is 0 Å². The maximum atomic E-state index is 13.3. The number of rotatable bonds is 1. The number of aromatic nitrogens is 1. The molecule has 5 nitrogen and oxygen atoms in total. The summed E-state index contributed by atoms with van der Waals surface area (Å²) in [4.78, 5) is 13.7. The summed E-state index contributed by atoms with van der Waals surface area (Å²) >= 11 is 0. The van der Waals surface area contributed by atoms with Gasteiger partial charge >= 0.3 is 6.03 Å². The van der Waals surface area contributed by atoms with Crippen LogP contribution in [0.5, 0.6) is 0 Å². The van der Waals surface area contributed by atoms with E-state index >= 15 is 0 Å². The maximum Gasteiger partial charge on any atom is 0.323 e. The topological polar surface area (TPSA) is 58.4 Å². The number of fused-ring (bicyclic) bond motifs is 1. The molecule has 0 radical (unpaired) electrons. The molecule has 1 spiro atoms. The van der Waals surface area contributed by atoms with E-state index in [2.05, 4.69) is 10.5 Å².